The van der Waals surface area contributed by atoms with E-state index >= 15 is 0 Å². The number of rotatable bonds is 5. The van der Waals surface area contributed by atoms with Crippen LogP contribution in [0.4, 0.5) is 13.2 Å². The molecule has 0 aliphatic rings. The van der Waals surface area contributed by atoms with E-state index in [1.165, 1.54) is 12.1 Å². The van der Waals surface area contributed by atoms with E-state index in [2.05, 4.69) is 5.32 Å². The van der Waals surface area contributed by atoms with Gasteiger partial charge >= 0.3 is 6.18 Å². The van der Waals surface area contributed by atoms with Gasteiger partial charge in [-0.1, -0.05) is 12.1 Å². The van der Waals surface area contributed by atoms with Gasteiger partial charge in [-0.3, -0.25) is 4.79 Å². The summed E-state index contributed by atoms with van der Waals surface area (Å²) in [6.45, 7) is 0.121. The van der Waals surface area contributed by atoms with Crippen LogP contribution in [-0.4, -0.2) is 17.6 Å². The Labute approximate surface area is 103 Å². The smallest absolute Gasteiger partial charge is 0.396 e. The molecule has 1 amide bonds. The van der Waals surface area contributed by atoms with Gasteiger partial charge in [-0.05, 0) is 24.1 Å². The van der Waals surface area contributed by atoms with Gasteiger partial charge in [-0.25, -0.2) is 0 Å². The van der Waals surface area contributed by atoms with Crippen LogP contribution in [0.5, 0.6) is 0 Å². The van der Waals surface area contributed by atoms with Gasteiger partial charge in [0.1, 0.15) is 0 Å². The number of benzene rings is 1. The first-order valence-electron chi connectivity index (χ1n) is 5.47. The van der Waals surface area contributed by atoms with Gasteiger partial charge in [0.2, 0.25) is 5.91 Å². The molecule has 0 aliphatic carbocycles. The highest BCUT2D eigenvalue weighted by molar-refractivity contribution is 5.75. The van der Waals surface area contributed by atoms with Gasteiger partial charge in [-0.15, -0.1) is 0 Å². The molecule has 0 fully saturated rings. The highest BCUT2D eigenvalue weighted by atomic mass is 19.4. The van der Waals surface area contributed by atoms with Crippen LogP contribution in [0.15, 0.2) is 24.3 Å². The van der Waals surface area contributed by atoms with Crippen LogP contribution < -0.4 is 5.32 Å². The average molecular weight is 261 g/mol. The molecule has 0 spiro atoms. The van der Waals surface area contributed by atoms with Crippen LogP contribution >= 0.6 is 0 Å². The number of nitrogens with one attached hydrogen (secondary N) is 1. The average Bonchev–Trinajstić information content (AvgIpc) is 2.33. The number of hydrogen-bond acceptors (Lipinski definition) is 2. The summed E-state index contributed by atoms with van der Waals surface area (Å²) in [6, 6.07) is 4.62. The molecular weight excluding hydrogens is 247 g/mol. The number of amides is 1. The number of hydrogen-bond donors (Lipinski definition) is 2. The fourth-order valence-electron chi connectivity index (χ4n) is 1.34. The largest absolute Gasteiger partial charge is 0.416 e. The molecule has 0 saturated heterocycles. The summed E-state index contributed by atoms with van der Waals surface area (Å²) in [6.07, 6.45) is -3.76. The van der Waals surface area contributed by atoms with Crippen molar-refractivity contribution in [2.75, 3.05) is 6.61 Å². The van der Waals surface area contributed by atoms with Crippen molar-refractivity contribution >= 4 is 5.91 Å². The highest BCUT2D eigenvalue weighted by Gasteiger charge is 2.29. The third kappa shape index (κ3) is 4.75. The topological polar surface area (TPSA) is 49.3 Å². The second-order valence-electron chi connectivity index (χ2n) is 3.80. The normalized spacial score (nSPS) is 11.3. The first-order valence-corrected chi connectivity index (χ1v) is 5.47. The number of alkyl halides is 3. The summed E-state index contributed by atoms with van der Waals surface area (Å²) in [4.78, 5) is 11.2. The molecule has 0 aromatic heterocycles. The molecule has 0 atom stereocenters. The Morgan fingerprint density at radius 2 is 1.83 bits per heavy atom. The Morgan fingerprint density at radius 1 is 1.22 bits per heavy atom. The van der Waals surface area contributed by atoms with Gasteiger partial charge in [0.25, 0.3) is 0 Å². The van der Waals surface area contributed by atoms with Crippen molar-refractivity contribution in [2.24, 2.45) is 0 Å². The van der Waals surface area contributed by atoms with Gasteiger partial charge in [-0.2, -0.15) is 13.2 Å². The summed E-state index contributed by atoms with van der Waals surface area (Å²) in [5.41, 5.74) is -0.113. The molecule has 0 unspecified atom stereocenters. The Kier molecular flexibility index (Phi) is 5.15. The predicted octanol–water partition coefficient (Wildman–Crippen LogP) is 2.09. The minimum Gasteiger partial charge on any atom is -0.396 e. The molecule has 3 nitrogen and oxygen atoms in total. The first-order chi connectivity index (χ1) is 8.43. The van der Waals surface area contributed by atoms with E-state index in [-0.39, 0.29) is 25.5 Å². The van der Waals surface area contributed by atoms with Crippen LogP contribution in [0.1, 0.15) is 24.0 Å². The Morgan fingerprint density at radius 3 is 2.33 bits per heavy atom. The van der Waals surface area contributed by atoms with E-state index in [9.17, 15) is 18.0 Å². The van der Waals surface area contributed by atoms with Crippen molar-refractivity contribution in [3.8, 4) is 0 Å². The van der Waals surface area contributed by atoms with E-state index in [4.69, 9.17) is 5.11 Å². The van der Waals surface area contributed by atoms with E-state index in [0.29, 0.717) is 12.0 Å². The monoisotopic (exact) mass is 261 g/mol. The third-order valence-electron chi connectivity index (χ3n) is 2.33. The van der Waals surface area contributed by atoms with E-state index in [1.807, 2.05) is 0 Å². The maximum atomic E-state index is 12.3. The van der Waals surface area contributed by atoms with Crippen molar-refractivity contribution in [1.29, 1.82) is 0 Å². The number of aliphatic hydroxyl groups is 1. The minimum atomic E-state index is -4.34. The SMILES string of the molecule is O=C(CCCO)NCc1ccc(C(F)(F)F)cc1. The van der Waals surface area contributed by atoms with Crippen molar-refractivity contribution in [1.82, 2.24) is 5.32 Å². The number of carbonyl (C=O) groups is 1. The summed E-state index contributed by atoms with van der Waals surface area (Å²) >= 11 is 0. The van der Waals surface area contributed by atoms with Gasteiger partial charge in [0.15, 0.2) is 0 Å². The molecule has 1 rings (SSSR count). The molecule has 0 heterocycles. The quantitative estimate of drug-likeness (QED) is 0.852. The van der Waals surface area contributed by atoms with Crippen LogP contribution in [0.3, 0.4) is 0 Å². The third-order valence-corrected chi connectivity index (χ3v) is 2.33. The van der Waals surface area contributed by atoms with Gasteiger partial charge < -0.3 is 10.4 Å². The molecule has 6 heteroatoms. The Bertz CT molecular complexity index is 387. The summed E-state index contributed by atoms with van der Waals surface area (Å²) in [5, 5.41) is 11.1. The molecule has 0 radical (unpaired) electrons. The van der Waals surface area contributed by atoms with Crippen LogP contribution in [0, 0.1) is 0 Å². The lowest BCUT2D eigenvalue weighted by molar-refractivity contribution is -0.137. The lowest BCUT2D eigenvalue weighted by Crippen LogP contribution is -2.22. The second kappa shape index (κ2) is 6.39. The van der Waals surface area contributed by atoms with Crippen molar-refractivity contribution in [3.63, 3.8) is 0 Å². The molecule has 0 aliphatic heterocycles. The fraction of sp³-hybridized carbons (Fsp3) is 0.417. The fourth-order valence-corrected chi connectivity index (χ4v) is 1.34. The molecule has 100 valence electrons. The predicted molar refractivity (Wildman–Crippen MR) is 59.6 cm³/mol. The highest BCUT2D eigenvalue weighted by Crippen LogP contribution is 2.28. The van der Waals surface area contributed by atoms with Crippen molar-refractivity contribution < 1.29 is 23.1 Å². The maximum absolute atomic E-state index is 12.3. The summed E-state index contributed by atoms with van der Waals surface area (Å²) < 4.78 is 36.8. The maximum Gasteiger partial charge on any atom is 0.416 e. The minimum absolute atomic E-state index is 0.0618. The Balaban J connectivity index is 2.47. The van der Waals surface area contributed by atoms with Crippen LogP contribution in [0.25, 0.3) is 0 Å². The van der Waals surface area contributed by atoms with E-state index in [0.717, 1.165) is 12.1 Å². The van der Waals surface area contributed by atoms with Gasteiger partial charge in [0, 0.05) is 19.6 Å². The zero-order chi connectivity index (χ0) is 13.6. The Hall–Kier alpha value is -1.56. The van der Waals surface area contributed by atoms with Gasteiger partial charge in [0.05, 0.1) is 5.56 Å². The molecule has 0 saturated carbocycles. The van der Waals surface area contributed by atoms with E-state index in [1.54, 1.807) is 0 Å². The molecule has 18 heavy (non-hydrogen) atoms. The lowest BCUT2D eigenvalue weighted by atomic mass is 10.1. The van der Waals surface area contributed by atoms with E-state index < -0.39 is 11.7 Å². The molecule has 0 bridgehead atoms. The molecule has 2 N–H and O–H groups in total. The molecule has 1 aromatic carbocycles. The number of carbonyl (C=O) groups excluding carboxylic acids is 1. The second-order valence-corrected chi connectivity index (χ2v) is 3.80. The first kappa shape index (κ1) is 14.5. The number of aliphatic hydroxyl groups excluding tert-OH is 1. The van der Waals surface area contributed by atoms with Crippen molar-refractivity contribution in [3.05, 3.63) is 35.4 Å². The zero-order valence-corrected chi connectivity index (χ0v) is 9.63. The summed E-state index contributed by atoms with van der Waals surface area (Å²) in [5.74, 6) is -0.232. The lowest BCUT2D eigenvalue weighted by Gasteiger charge is -2.08. The zero-order valence-electron chi connectivity index (χ0n) is 9.63. The number of halogens is 3. The van der Waals surface area contributed by atoms with Crippen LogP contribution in [-0.2, 0) is 17.5 Å². The molecular formula is C12H14F3NO2. The molecule has 1 aromatic rings. The van der Waals surface area contributed by atoms with Crippen molar-refractivity contribution in [2.45, 2.75) is 25.6 Å². The van der Waals surface area contributed by atoms with Crippen LogP contribution in [0.2, 0.25) is 0 Å². The summed E-state index contributed by atoms with van der Waals surface area (Å²) in [7, 11) is 0. The standard InChI is InChI=1S/C12H14F3NO2/c13-12(14,15)10-5-3-9(4-6-10)8-16-11(18)2-1-7-17/h3-6,17H,1-2,7-8H2,(H,16,18).